The number of nitrogens with two attached hydrogens (primary N) is 1. The van der Waals surface area contributed by atoms with Gasteiger partial charge in [-0.25, -0.2) is 8.42 Å². The third-order valence-electron chi connectivity index (χ3n) is 2.54. The number of rotatable bonds is 6. The maximum atomic E-state index is 12.2. The van der Waals surface area contributed by atoms with E-state index in [-0.39, 0.29) is 4.90 Å². The van der Waals surface area contributed by atoms with Crippen LogP contribution in [-0.4, -0.2) is 15.0 Å². The Morgan fingerprint density at radius 1 is 1.35 bits per heavy atom. The summed E-state index contributed by atoms with van der Waals surface area (Å²) in [6.07, 6.45) is 0. The molecule has 0 radical (unpaired) electrons. The van der Waals surface area contributed by atoms with Gasteiger partial charge in [-0.1, -0.05) is 6.07 Å². The van der Waals surface area contributed by atoms with Crippen molar-refractivity contribution >= 4 is 27.0 Å². The second-order valence-electron chi connectivity index (χ2n) is 4.02. The standard InChI is InChI=1S/C13H16N2O3S2/c1-2-18-11-5-3-4-10(6-11)15-20(16,17)13-7-12(8-14)19-9-13/h3-7,9,15H,2,8,14H2,1H3. The lowest BCUT2D eigenvalue weighted by molar-refractivity contribution is 0.340. The van der Waals surface area contributed by atoms with Crippen LogP contribution in [0.25, 0.3) is 0 Å². The minimum Gasteiger partial charge on any atom is -0.494 e. The molecule has 1 heterocycles. The van der Waals surface area contributed by atoms with E-state index in [9.17, 15) is 8.42 Å². The molecule has 20 heavy (non-hydrogen) atoms. The van der Waals surface area contributed by atoms with Gasteiger partial charge in [-0.15, -0.1) is 11.3 Å². The Kier molecular flexibility index (Phi) is 4.64. The largest absolute Gasteiger partial charge is 0.494 e. The number of anilines is 1. The molecule has 0 aliphatic carbocycles. The zero-order valence-electron chi connectivity index (χ0n) is 11.0. The number of nitrogens with one attached hydrogen (secondary N) is 1. The Labute approximate surface area is 122 Å². The molecule has 2 rings (SSSR count). The van der Waals surface area contributed by atoms with Gasteiger partial charge in [0.15, 0.2) is 0 Å². The first-order valence-electron chi connectivity index (χ1n) is 6.08. The summed E-state index contributed by atoms with van der Waals surface area (Å²) in [4.78, 5) is 1.05. The summed E-state index contributed by atoms with van der Waals surface area (Å²) in [5, 5.41) is 1.58. The maximum absolute atomic E-state index is 12.2. The summed E-state index contributed by atoms with van der Waals surface area (Å²) in [5.41, 5.74) is 5.96. The Morgan fingerprint density at radius 3 is 2.80 bits per heavy atom. The molecule has 0 bridgehead atoms. The van der Waals surface area contributed by atoms with Gasteiger partial charge in [0.25, 0.3) is 10.0 Å². The van der Waals surface area contributed by atoms with Gasteiger partial charge in [0.05, 0.1) is 17.2 Å². The van der Waals surface area contributed by atoms with Gasteiger partial charge >= 0.3 is 0 Å². The number of hydrogen-bond donors (Lipinski definition) is 2. The molecule has 1 aromatic carbocycles. The lowest BCUT2D eigenvalue weighted by Crippen LogP contribution is -2.12. The van der Waals surface area contributed by atoms with Crippen molar-refractivity contribution in [1.82, 2.24) is 0 Å². The first-order chi connectivity index (χ1) is 9.55. The fourth-order valence-electron chi connectivity index (χ4n) is 1.64. The van der Waals surface area contributed by atoms with Crippen LogP contribution in [0.3, 0.4) is 0 Å². The summed E-state index contributed by atoms with van der Waals surface area (Å²) in [7, 11) is -3.58. The third kappa shape index (κ3) is 3.50. The highest BCUT2D eigenvalue weighted by Crippen LogP contribution is 2.23. The molecule has 0 aliphatic heterocycles. The smallest absolute Gasteiger partial charge is 0.262 e. The van der Waals surface area contributed by atoms with Gasteiger partial charge in [-0.3, -0.25) is 4.72 Å². The summed E-state index contributed by atoms with van der Waals surface area (Å²) in [5.74, 6) is 0.626. The molecule has 2 aromatic rings. The molecular weight excluding hydrogens is 296 g/mol. The van der Waals surface area contributed by atoms with Crippen LogP contribution in [-0.2, 0) is 16.6 Å². The van der Waals surface area contributed by atoms with E-state index in [4.69, 9.17) is 10.5 Å². The van der Waals surface area contributed by atoms with Gasteiger partial charge in [0, 0.05) is 22.9 Å². The molecule has 7 heteroatoms. The van der Waals surface area contributed by atoms with Crippen LogP contribution in [0.1, 0.15) is 11.8 Å². The topological polar surface area (TPSA) is 81.4 Å². The number of ether oxygens (including phenoxy) is 1. The molecule has 0 saturated carbocycles. The Balaban J connectivity index is 2.21. The number of thiophene rings is 1. The summed E-state index contributed by atoms with van der Waals surface area (Å²) in [6.45, 7) is 2.73. The van der Waals surface area contributed by atoms with E-state index in [0.717, 1.165) is 4.88 Å². The minimum atomic E-state index is -3.58. The fourth-order valence-corrected chi connectivity index (χ4v) is 3.84. The van der Waals surface area contributed by atoms with Gasteiger partial charge < -0.3 is 10.5 Å². The second kappa shape index (κ2) is 6.25. The number of sulfonamides is 1. The van der Waals surface area contributed by atoms with Crippen molar-refractivity contribution in [2.45, 2.75) is 18.4 Å². The van der Waals surface area contributed by atoms with Crippen molar-refractivity contribution in [1.29, 1.82) is 0 Å². The molecule has 0 amide bonds. The SMILES string of the molecule is CCOc1cccc(NS(=O)(=O)c2csc(CN)c2)c1. The summed E-state index contributed by atoms with van der Waals surface area (Å²) >= 11 is 1.33. The molecule has 0 atom stereocenters. The molecule has 0 saturated heterocycles. The minimum absolute atomic E-state index is 0.227. The van der Waals surface area contributed by atoms with Crippen molar-refractivity contribution in [3.05, 3.63) is 40.6 Å². The van der Waals surface area contributed by atoms with Crippen LogP contribution in [0.4, 0.5) is 5.69 Å². The highest BCUT2D eigenvalue weighted by atomic mass is 32.2. The first kappa shape index (κ1) is 14.8. The molecule has 0 spiro atoms. The molecule has 3 N–H and O–H groups in total. The predicted molar refractivity (Wildman–Crippen MR) is 80.6 cm³/mol. The van der Waals surface area contributed by atoms with Crippen molar-refractivity contribution in [2.24, 2.45) is 5.73 Å². The quantitative estimate of drug-likeness (QED) is 0.858. The molecule has 0 fully saturated rings. The van der Waals surface area contributed by atoms with Gasteiger partial charge in [-0.05, 0) is 25.1 Å². The van der Waals surface area contributed by atoms with E-state index in [2.05, 4.69) is 4.72 Å². The normalized spacial score (nSPS) is 11.3. The van der Waals surface area contributed by atoms with Gasteiger partial charge in [0.2, 0.25) is 0 Å². The van der Waals surface area contributed by atoms with Crippen LogP contribution in [0.2, 0.25) is 0 Å². The first-order valence-corrected chi connectivity index (χ1v) is 8.44. The van der Waals surface area contributed by atoms with Crippen LogP contribution in [0, 0.1) is 0 Å². The molecule has 0 aliphatic rings. The summed E-state index contributed by atoms with van der Waals surface area (Å²) in [6, 6.07) is 8.42. The highest BCUT2D eigenvalue weighted by molar-refractivity contribution is 7.92. The second-order valence-corrected chi connectivity index (χ2v) is 6.70. The summed E-state index contributed by atoms with van der Waals surface area (Å²) < 4.78 is 32.3. The van der Waals surface area contributed by atoms with E-state index in [1.165, 1.54) is 11.3 Å². The molecule has 1 aromatic heterocycles. The highest BCUT2D eigenvalue weighted by Gasteiger charge is 2.16. The Morgan fingerprint density at radius 2 is 2.15 bits per heavy atom. The van der Waals surface area contributed by atoms with Crippen molar-refractivity contribution in [2.75, 3.05) is 11.3 Å². The van der Waals surface area contributed by atoms with E-state index in [1.54, 1.807) is 35.7 Å². The zero-order chi connectivity index (χ0) is 14.6. The molecule has 0 unspecified atom stereocenters. The average molecular weight is 312 g/mol. The van der Waals surface area contributed by atoms with E-state index in [1.807, 2.05) is 6.92 Å². The van der Waals surface area contributed by atoms with Crippen molar-refractivity contribution in [3.8, 4) is 5.75 Å². The predicted octanol–water partition coefficient (Wildman–Crippen LogP) is 2.41. The van der Waals surface area contributed by atoms with E-state index >= 15 is 0 Å². The van der Waals surface area contributed by atoms with E-state index in [0.29, 0.717) is 24.6 Å². The number of benzene rings is 1. The zero-order valence-corrected chi connectivity index (χ0v) is 12.6. The molecule has 108 valence electrons. The van der Waals surface area contributed by atoms with Crippen LogP contribution < -0.4 is 15.2 Å². The van der Waals surface area contributed by atoms with E-state index < -0.39 is 10.0 Å². The maximum Gasteiger partial charge on any atom is 0.262 e. The van der Waals surface area contributed by atoms with Crippen molar-refractivity contribution in [3.63, 3.8) is 0 Å². The molecule has 5 nitrogen and oxygen atoms in total. The fraction of sp³-hybridized carbons (Fsp3) is 0.231. The van der Waals surface area contributed by atoms with Crippen molar-refractivity contribution < 1.29 is 13.2 Å². The van der Waals surface area contributed by atoms with Crippen LogP contribution in [0.5, 0.6) is 5.75 Å². The Bertz CT molecular complexity index is 680. The number of hydrogen-bond acceptors (Lipinski definition) is 5. The molecular formula is C13H16N2O3S2. The van der Waals surface area contributed by atoms with Crippen LogP contribution in [0.15, 0.2) is 40.6 Å². The lowest BCUT2D eigenvalue weighted by atomic mass is 10.3. The van der Waals surface area contributed by atoms with Gasteiger partial charge in [0.1, 0.15) is 5.75 Å². The monoisotopic (exact) mass is 312 g/mol. The Hall–Kier alpha value is -1.57. The lowest BCUT2D eigenvalue weighted by Gasteiger charge is -2.08. The average Bonchev–Trinajstić information content (AvgIpc) is 2.88. The van der Waals surface area contributed by atoms with Crippen LogP contribution >= 0.6 is 11.3 Å². The third-order valence-corrected chi connectivity index (χ3v) is 5.01. The van der Waals surface area contributed by atoms with Gasteiger partial charge in [-0.2, -0.15) is 0 Å².